The molecule has 1 aromatic carbocycles. The van der Waals surface area contributed by atoms with E-state index in [9.17, 15) is 8.42 Å². The van der Waals surface area contributed by atoms with Gasteiger partial charge in [0.15, 0.2) is 0 Å². The van der Waals surface area contributed by atoms with E-state index < -0.39 is 21.8 Å². The van der Waals surface area contributed by atoms with Crippen LogP contribution in [0.5, 0.6) is 0 Å². The predicted octanol–water partition coefficient (Wildman–Crippen LogP) is 2.27. The molecule has 1 fully saturated rings. The summed E-state index contributed by atoms with van der Waals surface area (Å²) in [6, 6.07) is 6.60. The fourth-order valence-electron chi connectivity index (χ4n) is 1.82. The lowest BCUT2D eigenvalue weighted by Crippen LogP contribution is -2.30. The van der Waals surface area contributed by atoms with Crippen LogP contribution in [-0.4, -0.2) is 26.2 Å². The highest BCUT2D eigenvalue weighted by Crippen LogP contribution is 2.41. The second kappa shape index (κ2) is 4.33. The molecule has 0 amide bonds. The average Bonchev–Trinajstić information content (AvgIpc) is 2.88. The molecule has 0 aromatic heterocycles. The minimum absolute atomic E-state index is 0.0284. The summed E-state index contributed by atoms with van der Waals surface area (Å²) in [4.78, 5) is 0.178. The third-order valence-corrected chi connectivity index (χ3v) is 4.96. The lowest BCUT2D eigenvalue weighted by molar-refractivity contribution is 0.128. The standard InChI is InChI=1S/C13H18O4S/c1-9-5-7-12(8-6-9)18(14,15)17-11(3)13(4)10(2)16-13/h5-8,10-11H,1-4H3. The molecule has 1 aliphatic heterocycles. The van der Waals surface area contributed by atoms with Crippen molar-refractivity contribution in [2.45, 2.75) is 50.4 Å². The largest absolute Gasteiger partial charge is 0.364 e. The van der Waals surface area contributed by atoms with Gasteiger partial charge < -0.3 is 4.74 Å². The maximum absolute atomic E-state index is 12.1. The molecule has 4 nitrogen and oxygen atoms in total. The number of rotatable bonds is 4. The smallest absolute Gasteiger partial charge is 0.297 e. The zero-order chi connectivity index (χ0) is 13.6. The van der Waals surface area contributed by atoms with E-state index in [2.05, 4.69) is 0 Å². The topological polar surface area (TPSA) is 55.9 Å². The summed E-state index contributed by atoms with van der Waals surface area (Å²) < 4.78 is 34.7. The van der Waals surface area contributed by atoms with E-state index in [4.69, 9.17) is 8.92 Å². The van der Waals surface area contributed by atoms with E-state index >= 15 is 0 Å². The van der Waals surface area contributed by atoms with E-state index in [-0.39, 0.29) is 11.0 Å². The zero-order valence-corrected chi connectivity index (χ0v) is 11.8. The van der Waals surface area contributed by atoms with Crippen LogP contribution in [0.1, 0.15) is 26.3 Å². The minimum atomic E-state index is -3.72. The van der Waals surface area contributed by atoms with Crippen molar-refractivity contribution in [3.8, 4) is 0 Å². The summed E-state index contributed by atoms with van der Waals surface area (Å²) in [5.74, 6) is 0. The Labute approximate surface area is 108 Å². The van der Waals surface area contributed by atoms with Crippen molar-refractivity contribution in [3.05, 3.63) is 29.8 Å². The predicted molar refractivity (Wildman–Crippen MR) is 67.9 cm³/mol. The number of benzene rings is 1. The molecule has 0 bridgehead atoms. The molecule has 18 heavy (non-hydrogen) atoms. The van der Waals surface area contributed by atoms with E-state index in [1.54, 1.807) is 31.2 Å². The monoisotopic (exact) mass is 270 g/mol. The van der Waals surface area contributed by atoms with E-state index in [1.807, 2.05) is 20.8 Å². The van der Waals surface area contributed by atoms with E-state index in [0.29, 0.717) is 0 Å². The van der Waals surface area contributed by atoms with Gasteiger partial charge in [0.2, 0.25) is 0 Å². The Hall–Kier alpha value is -0.910. The molecule has 0 aliphatic carbocycles. The third kappa shape index (κ3) is 2.43. The molecular weight excluding hydrogens is 252 g/mol. The van der Waals surface area contributed by atoms with E-state index in [1.165, 1.54) is 0 Å². The molecule has 5 heteroatoms. The SMILES string of the molecule is Cc1ccc(S(=O)(=O)OC(C)C2(C)OC2C)cc1. The van der Waals surface area contributed by atoms with Gasteiger partial charge in [-0.2, -0.15) is 8.42 Å². The molecule has 1 saturated heterocycles. The first-order chi connectivity index (χ1) is 8.25. The van der Waals surface area contributed by atoms with Crippen molar-refractivity contribution in [1.82, 2.24) is 0 Å². The maximum atomic E-state index is 12.1. The zero-order valence-electron chi connectivity index (χ0n) is 11.0. The maximum Gasteiger partial charge on any atom is 0.297 e. The van der Waals surface area contributed by atoms with Gasteiger partial charge in [0, 0.05) is 0 Å². The van der Waals surface area contributed by atoms with Gasteiger partial charge in [-0.15, -0.1) is 0 Å². The molecule has 3 atom stereocenters. The molecule has 0 saturated carbocycles. The summed E-state index contributed by atoms with van der Waals surface area (Å²) in [5, 5.41) is 0. The van der Waals surface area contributed by atoms with Crippen molar-refractivity contribution in [1.29, 1.82) is 0 Å². The number of epoxide rings is 1. The van der Waals surface area contributed by atoms with Gasteiger partial charge in [0.05, 0.1) is 11.0 Å². The van der Waals surface area contributed by atoms with Gasteiger partial charge in [0.1, 0.15) is 11.7 Å². The van der Waals surface area contributed by atoms with Crippen LogP contribution in [0.25, 0.3) is 0 Å². The molecule has 1 aromatic rings. The Morgan fingerprint density at radius 3 is 2.28 bits per heavy atom. The van der Waals surface area contributed by atoms with Crippen molar-refractivity contribution in [2.75, 3.05) is 0 Å². The van der Waals surface area contributed by atoms with Crippen LogP contribution in [0.3, 0.4) is 0 Å². The Morgan fingerprint density at radius 1 is 1.33 bits per heavy atom. The van der Waals surface area contributed by atoms with Crippen LogP contribution >= 0.6 is 0 Å². The fraction of sp³-hybridized carbons (Fsp3) is 0.538. The van der Waals surface area contributed by atoms with Crippen LogP contribution in [0.2, 0.25) is 0 Å². The lowest BCUT2D eigenvalue weighted by Gasteiger charge is -2.17. The van der Waals surface area contributed by atoms with Crippen LogP contribution in [0, 0.1) is 6.92 Å². The van der Waals surface area contributed by atoms with Gasteiger partial charge in [0.25, 0.3) is 10.1 Å². The van der Waals surface area contributed by atoms with E-state index in [0.717, 1.165) is 5.56 Å². The highest BCUT2D eigenvalue weighted by Gasteiger charge is 2.55. The van der Waals surface area contributed by atoms with Crippen molar-refractivity contribution < 1.29 is 17.3 Å². The number of hydrogen-bond donors (Lipinski definition) is 0. The summed E-state index contributed by atoms with van der Waals surface area (Å²) in [5.41, 5.74) is 0.505. The fourth-order valence-corrected chi connectivity index (χ4v) is 2.97. The summed E-state index contributed by atoms with van der Waals surface area (Å²) in [7, 11) is -3.72. The Bertz CT molecular complexity index is 535. The molecule has 2 rings (SSSR count). The minimum Gasteiger partial charge on any atom is -0.364 e. The Kier molecular flexibility index (Phi) is 3.25. The first-order valence-corrected chi connectivity index (χ1v) is 7.34. The molecule has 0 radical (unpaired) electrons. The number of ether oxygens (including phenoxy) is 1. The van der Waals surface area contributed by atoms with Gasteiger partial charge in [-0.1, -0.05) is 17.7 Å². The average molecular weight is 270 g/mol. The second-order valence-corrected chi connectivity index (χ2v) is 6.52. The molecule has 0 N–H and O–H groups in total. The summed E-state index contributed by atoms with van der Waals surface area (Å²) >= 11 is 0. The van der Waals surface area contributed by atoms with Gasteiger partial charge in [-0.25, -0.2) is 0 Å². The van der Waals surface area contributed by atoms with Crippen LogP contribution in [-0.2, 0) is 19.0 Å². The molecule has 0 spiro atoms. The normalized spacial score (nSPS) is 29.0. The molecule has 1 heterocycles. The quantitative estimate of drug-likeness (QED) is 0.622. The van der Waals surface area contributed by atoms with Crippen molar-refractivity contribution in [3.63, 3.8) is 0 Å². The van der Waals surface area contributed by atoms with Crippen LogP contribution < -0.4 is 0 Å². The Balaban J connectivity index is 2.15. The lowest BCUT2D eigenvalue weighted by atomic mass is 10.0. The second-order valence-electron chi connectivity index (χ2n) is 4.95. The van der Waals surface area contributed by atoms with Crippen molar-refractivity contribution >= 4 is 10.1 Å². The molecule has 100 valence electrons. The van der Waals surface area contributed by atoms with Gasteiger partial charge >= 0.3 is 0 Å². The van der Waals surface area contributed by atoms with Crippen LogP contribution in [0.15, 0.2) is 29.2 Å². The highest BCUT2D eigenvalue weighted by molar-refractivity contribution is 7.86. The first kappa shape index (κ1) is 13.5. The summed E-state index contributed by atoms with van der Waals surface area (Å²) in [6.45, 7) is 7.38. The molecule has 3 unspecified atom stereocenters. The third-order valence-electron chi connectivity index (χ3n) is 3.57. The van der Waals surface area contributed by atoms with Crippen LogP contribution in [0.4, 0.5) is 0 Å². The highest BCUT2D eigenvalue weighted by atomic mass is 32.2. The Morgan fingerprint density at radius 2 is 1.83 bits per heavy atom. The molecule has 1 aliphatic rings. The molecular formula is C13H18O4S. The number of aryl methyl sites for hydroxylation is 1. The number of hydrogen-bond acceptors (Lipinski definition) is 4. The van der Waals surface area contributed by atoms with Crippen molar-refractivity contribution in [2.24, 2.45) is 0 Å². The summed E-state index contributed by atoms with van der Waals surface area (Å²) in [6.07, 6.45) is -0.473. The van der Waals surface area contributed by atoms with Gasteiger partial charge in [-0.05, 0) is 39.8 Å². The van der Waals surface area contributed by atoms with Gasteiger partial charge in [-0.3, -0.25) is 4.18 Å². The first-order valence-electron chi connectivity index (χ1n) is 5.93.